The van der Waals surface area contributed by atoms with Crippen LogP contribution in [0.2, 0.25) is 5.02 Å². The van der Waals surface area contributed by atoms with Crippen molar-refractivity contribution in [1.29, 1.82) is 0 Å². The number of aryl methyl sites for hydroxylation is 1. The first-order chi connectivity index (χ1) is 14.5. The van der Waals surface area contributed by atoms with Crippen molar-refractivity contribution in [1.82, 2.24) is 19.2 Å². The number of para-hydroxylation sites is 1. The fourth-order valence-electron chi connectivity index (χ4n) is 3.26. The Kier molecular flexibility index (Phi) is 5.78. The Labute approximate surface area is 182 Å². The molecular weight excluding hydrogens is 422 g/mol. The molecule has 0 aliphatic heterocycles. The molecule has 0 spiro atoms. The van der Waals surface area contributed by atoms with Crippen LogP contribution in [0.1, 0.15) is 20.3 Å². The van der Waals surface area contributed by atoms with Crippen molar-refractivity contribution < 1.29 is 4.79 Å². The van der Waals surface area contributed by atoms with Crippen LogP contribution >= 0.6 is 23.4 Å². The Morgan fingerprint density at radius 3 is 2.77 bits per heavy atom. The summed E-state index contributed by atoms with van der Waals surface area (Å²) in [6, 6.07) is 14.4. The van der Waals surface area contributed by atoms with Crippen LogP contribution in [0.4, 0.5) is 5.69 Å². The number of halogens is 1. The zero-order valence-electron chi connectivity index (χ0n) is 16.5. The minimum absolute atomic E-state index is 0.0874. The molecule has 0 bridgehead atoms. The average molecular weight is 442 g/mol. The van der Waals surface area contributed by atoms with Crippen LogP contribution in [0.3, 0.4) is 0 Å². The highest BCUT2D eigenvalue weighted by Gasteiger charge is 2.21. The molecule has 0 radical (unpaired) electrons. The molecule has 2 aromatic carbocycles. The number of fused-ring (bicyclic) bond motifs is 3. The molecule has 4 aromatic rings. The summed E-state index contributed by atoms with van der Waals surface area (Å²) in [6.07, 6.45) is 0.793. The zero-order valence-corrected chi connectivity index (χ0v) is 18.1. The summed E-state index contributed by atoms with van der Waals surface area (Å²) in [7, 11) is 0. The van der Waals surface area contributed by atoms with Gasteiger partial charge in [-0.1, -0.05) is 48.5 Å². The third-order valence-corrected chi connectivity index (χ3v) is 5.95. The second kappa shape index (κ2) is 8.49. The van der Waals surface area contributed by atoms with Crippen LogP contribution in [0, 0.1) is 0 Å². The van der Waals surface area contributed by atoms with Gasteiger partial charge in [-0.05, 0) is 43.7 Å². The Bertz CT molecular complexity index is 1300. The number of carbonyl (C=O) groups excluding carboxylic acids is 1. The highest BCUT2D eigenvalue weighted by molar-refractivity contribution is 8.00. The SMILES string of the molecule is CCCn1c(=O)c2ccccc2n2c(SC(C)C(=O)Nc3cccc(Cl)c3)nnc12. The first-order valence-electron chi connectivity index (χ1n) is 9.59. The summed E-state index contributed by atoms with van der Waals surface area (Å²) in [5.41, 5.74) is 1.27. The van der Waals surface area contributed by atoms with Gasteiger partial charge in [0.25, 0.3) is 5.56 Å². The van der Waals surface area contributed by atoms with Gasteiger partial charge in [0.15, 0.2) is 5.16 Å². The number of carbonyl (C=O) groups is 1. The van der Waals surface area contributed by atoms with E-state index in [4.69, 9.17) is 11.6 Å². The fourth-order valence-corrected chi connectivity index (χ4v) is 4.30. The lowest BCUT2D eigenvalue weighted by molar-refractivity contribution is -0.115. The molecule has 1 unspecified atom stereocenters. The second-order valence-corrected chi connectivity index (χ2v) is 8.60. The van der Waals surface area contributed by atoms with Gasteiger partial charge in [0.05, 0.1) is 16.2 Å². The Hall–Kier alpha value is -2.84. The van der Waals surface area contributed by atoms with Gasteiger partial charge < -0.3 is 5.32 Å². The van der Waals surface area contributed by atoms with Crippen molar-refractivity contribution in [2.24, 2.45) is 0 Å². The van der Waals surface area contributed by atoms with E-state index in [9.17, 15) is 9.59 Å². The molecule has 4 rings (SSSR count). The smallest absolute Gasteiger partial charge is 0.262 e. The predicted octanol–water partition coefficient (Wildman–Crippen LogP) is 4.23. The van der Waals surface area contributed by atoms with Gasteiger partial charge in [-0.3, -0.25) is 18.6 Å². The highest BCUT2D eigenvalue weighted by Crippen LogP contribution is 2.26. The molecule has 30 heavy (non-hydrogen) atoms. The molecule has 0 fully saturated rings. The van der Waals surface area contributed by atoms with E-state index < -0.39 is 5.25 Å². The van der Waals surface area contributed by atoms with Crippen molar-refractivity contribution >= 4 is 51.6 Å². The summed E-state index contributed by atoms with van der Waals surface area (Å²) in [6.45, 7) is 4.35. The summed E-state index contributed by atoms with van der Waals surface area (Å²) in [5, 5.41) is 12.7. The molecular formula is C21H20ClN5O2S. The number of nitrogens with one attached hydrogen (secondary N) is 1. The zero-order chi connectivity index (χ0) is 21.3. The van der Waals surface area contributed by atoms with E-state index in [-0.39, 0.29) is 11.5 Å². The number of amides is 1. The molecule has 7 nitrogen and oxygen atoms in total. The third kappa shape index (κ3) is 3.80. The van der Waals surface area contributed by atoms with Crippen molar-refractivity contribution in [3.05, 3.63) is 63.9 Å². The van der Waals surface area contributed by atoms with E-state index in [1.807, 2.05) is 29.5 Å². The highest BCUT2D eigenvalue weighted by atomic mass is 35.5. The van der Waals surface area contributed by atoms with E-state index in [0.717, 1.165) is 11.9 Å². The van der Waals surface area contributed by atoms with Crippen LogP contribution in [0.15, 0.2) is 58.5 Å². The molecule has 1 atom stereocenters. The standard InChI is InChI=1S/C21H20ClN5O2S/c1-3-11-26-19(29)16-9-4-5-10-17(16)27-20(26)24-25-21(27)30-13(2)18(28)23-15-8-6-7-14(22)12-15/h4-10,12-13H,3,11H2,1-2H3,(H,23,28). The second-order valence-electron chi connectivity index (χ2n) is 6.85. The third-order valence-electron chi connectivity index (χ3n) is 4.67. The predicted molar refractivity (Wildman–Crippen MR) is 120 cm³/mol. The van der Waals surface area contributed by atoms with Gasteiger partial charge in [0, 0.05) is 17.3 Å². The molecule has 0 saturated heterocycles. The lowest BCUT2D eigenvalue weighted by Crippen LogP contribution is -2.24. The molecule has 9 heteroatoms. The normalized spacial score (nSPS) is 12.4. The summed E-state index contributed by atoms with van der Waals surface area (Å²) in [4.78, 5) is 25.6. The van der Waals surface area contributed by atoms with Gasteiger partial charge in [-0.25, -0.2) is 0 Å². The Balaban J connectivity index is 1.71. The Morgan fingerprint density at radius 2 is 2.00 bits per heavy atom. The van der Waals surface area contributed by atoms with Gasteiger partial charge in [0.1, 0.15) is 0 Å². The minimum Gasteiger partial charge on any atom is -0.325 e. The number of benzene rings is 2. The molecule has 0 saturated carbocycles. The number of rotatable bonds is 6. The van der Waals surface area contributed by atoms with Gasteiger partial charge in [-0.15, -0.1) is 10.2 Å². The van der Waals surface area contributed by atoms with Crippen LogP contribution in [0.25, 0.3) is 16.7 Å². The maximum Gasteiger partial charge on any atom is 0.262 e. The van der Waals surface area contributed by atoms with Crippen molar-refractivity contribution in [2.45, 2.75) is 37.2 Å². The molecule has 1 amide bonds. The maximum atomic E-state index is 12.9. The number of anilines is 1. The lowest BCUT2D eigenvalue weighted by atomic mass is 10.2. The first kappa shape index (κ1) is 20.4. The molecule has 0 aliphatic carbocycles. The quantitative estimate of drug-likeness (QED) is 0.453. The van der Waals surface area contributed by atoms with E-state index in [1.54, 1.807) is 41.8 Å². The summed E-state index contributed by atoms with van der Waals surface area (Å²) in [5.74, 6) is 0.302. The summed E-state index contributed by atoms with van der Waals surface area (Å²) >= 11 is 7.28. The minimum atomic E-state index is -0.443. The number of aromatic nitrogens is 4. The average Bonchev–Trinajstić information content (AvgIpc) is 3.14. The molecule has 1 N–H and O–H groups in total. The topological polar surface area (TPSA) is 81.3 Å². The van der Waals surface area contributed by atoms with Gasteiger partial charge >= 0.3 is 0 Å². The van der Waals surface area contributed by atoms with Crippen molar-refractivity contribution in [3.63, 3.8) is 0 Å². The van der Waals surface area contributed by atoms with E-state index in [0.29, 0.717) is 33.6 Å². The van der Waals surface area contributed by atoms with E-state index in [2.05, 4.69) is 15.5 Å². The van der Waals surface area contributed by atoms with E-state index >= 15 is 0 Å². The van der Waals surface area contributed by atoms with Gasteiger partial charge in [-0.2, -0.15) is 0 Å². The molecule has 0 aliphatic rings. The van der Waals surface area contributed by atoms with E-state index in [1.165, 1.54) is 11.8 Å². The maximum absolute atomic E-state index is 12.9. The number of hydrogen-bond donors (Lipinski definition) is 1. The van der Waals surface area contributed by atoms with Crippen LogP contribution in [-0.4, -0.2) is 30.3 Å². The Morgan fingerprint density at radius 1 is 1.20 bits per heavy atom. The fraction of sp³-hybridized carbons (Fsp3) is 0.238. The van der Waals surface area contributed by atoms with Crippen LogP contribution in [0.5, 0.6) is 0 Å². The van der Waals surface area contributed by atoms with Crippen LogP contribution in [-0.2, 0) is 11.3 Å². The van der Waals surface area contributed by atoms with Crippen molar-refractivity contribution in [3.8, 4) is 0 Å². The number of thioether (sulfide) groups is 1. The largest absolute Gasteiger partial charge is 0.325 e. The number of hydrogen-bond acceptors (Lipinski definition) is 5. The molecule has 2 aromatic heterocycles. The first-order valence-corrected chi connectivity index (χ1v) is 10.8. The summed E-state index contributed by atoms with van der Waals surface area (Å²) < 4.78 is 3.48. The lowest BCUT2D eigenvalue weighted by Gasteiger charge is -2.13. The molecule has 2 heterocycles. The monoisotopic (exact) mass is 441 g/mol. The van der Waals surface area contributed by atoms with Crippen molar-refractivity contribution in [2.75, 3.05) is 5.32 Å². The van der Waals surface area contributed by atoms with Gasteiger partial charge in [0.2, 0.25) is 11.7 Å². The van der Waals surface area contributed by atoms with Crippen LogP contribution < -0.4 is 10.9 Å². The number of nitrogens with zero attached hydrogens (tertiary/aromatic N) is 4. The molecule has 154 valence electrons.